The largest absolute Gasteiger partial charge is 0.454 e. The zero-order chi connectivity index (χ0) is 15.0. The summed E-state index contributed by atoms with van der Waals surface area (Å²) in [5.74, 6) is -0.879. The fraction of sp³-hybridized carbons (Fsp3) is 0. The highest BCUT2D eigenvalue weighted by molar-refractivity contribution is 14.1. The van der Waals surface area contributed by atoms with Crippen molar-refractivity contribution in [1.29, 1.82) is 0 Å². The molecule has 0 bridgehead atoms. The summed E-state index contributed by atoms with van der Waals surface area (Å²) in [6.45, 7) is 6.88. The average molecular weight is 396 g/mol. The molecule has 3 aromatic rings. The van der Waals surface area contributed by atoms with E-state index in [4.69, 9.17) is 11.3 Å². The molecule has 0 fully saturated rings. The molecule has 0 spiro atoms. The van der Waals surface area contributed by atoms with Gasteiger partial charge in [-0.1, -0.05) is 0 Å². The van der Waals surface area contributed by atoms with Crippen LogP contribution in [-0.4, -0.2) is 4.98 Å². The van der Waals surface area contributed by atoms with E-state index in [9.17, 15) is 8.78 Å². The van der Waals surface area contributed by atoms with E-state index in [0.29, 0.717) is 9.09 Å². The highest BCUT2D eigenvalue weighted by Gasteiger charge is 2.15. The second kappa shape index (κ2) is 5.33. The summed E-state index contributed by atoms with van der Waals surface area (Å²) < 4.78 is 33.5. The number of hydrogen-bond donors (Lipinski definition) is 1. The van der Waals surface area contributed by atoms with Gasteiger partial charge in [0.05, 0.1) is 10.1 Å². The first-order valence-electron chi connectivity index (χ1n) is 5.90. The zero-order valence-electron chi connectivity index (χ0n) is 10.5. The second-order valence-corrected chi connectivity index (χ2v) is 5.35. The van der Waals surface area contributed by atoms with E-state index in [1.807, 2.05) is 28.7 Å². The molecule has 21 heavy (non-hydrogen) atoms. The normalized spacial score (nSPS) is 10.6. The predicted molar refractivity (Wildman–Crippen MR) is 83.7 cm³/mol. The molecular weight excluding hydrogens is 389 g/mol. The smallest absolute Gasteiger partial charge is 0.225 e. The molecule has 0 radical (unpaired) electrons. The van der Waals surface area contributed by atoms with Crippen molar-refractivity contribution in [2.45, 2.75) is 0 Å². The first kappa shape index (κ1) is 13.8. The number of H-pyrrole nitrogens is 1. The van der Waals surface area contributed by atoms with E-state index in [0.717, 1.165) is 11.5 Å². The topological polar surface area (TPSA) is 29.4 Å². The van der Waals surface area contributed by atoms with Crippen LogP contribution in [0.5, 0.6) is 11.5 Å². The van der Waals surface area contributed by atoms with Gasteiger partial charge in [-0.3, -0.25) is 0 Å². The molecule has 3 rings (SSSR count). The number of rotatable bonds is 2. The molecule has 1 aromatic heterocycles. The molecule has 0 saturated heterocycles. The molecule has 0 aliphatic rings. The number of hydrogen-bond acceptors (Lipinski definition) is 1. The standard InChI is InChI=1S/C15H7F2IN2O/c1-19-13-6-8(2-3-10(13)16)21-15-11(17)7-12-9(14(15)18)4-5-20-12/h2-7,20H. The SMILES string of the molecule is [C-]#[N+]c1cc(Oc2c(F)cc3[nH]ccc3c2I)ccc1F. The first-order chi connectivity index (χ1) is 10.1. The molecule has 0 aliphatic carbocycles. The summed E-state index contributed by atoms with van der Waals surface area (Å²) >= 11 is 1.99. The zero-order valence-corrected chi connectivity index (χ0v) is 12.6. The van der Waals surface area contributed by atoms with Crippen LogP contribution in [0.4, 0.5) is 14.5 Å². The lowest BCUT2D eigenvalue weighted by molar-refractivity contribution is 0.439. The van der Waals surface area contributed by atoms with Crippen molar-refractivity contribution < 1.29 is 13.5 Å². The first-order valence-corrected chi connectivity index (χ1v) is 6.98. The number of ether oxygens (including phenoxy) is 1. The Morgan fingerprint density at radius 1 is 1.14 bits per heavy atom. The third kappa shape index (κ3) is 2.45. The van der Waals surface area contributed by atoms with Crippen LogP contribution >= 0.6 is 22.6 Å². The summed E-state index contributed by atoms with van der Waals surface area (Å²) in [5, 5.41) is 0.833. The van der Waals surface area contributed by atoms with Crippen molar-refractivity contribution in [2.75, 3.05) is 0 Å². The molecule has 0 unspecified atom stereocenters. The Morgan fingerprint density at radius 3 is 2.71 bits per heavy atom. The van der Waals surface area contributed by atoms with Gasteiger partial charge in [0.25, 0.3) is 0 Å². The van der Waals surface area contributed by atoms with Gasteiger partial charge < -0.3 is 9.72 Å². The van der Waals surface area contributed by atoms with Gasteiger partial charge in [0.1, 0.15) is 11.6 Å². The Bertz CT molecular complexity index is 883. The summed E-state index contributed by atoms with van der Waals surface area (Å²) in [6, 6.07) is 6.90. The van der Waals surface area contributed by atoms with Crippen molar-refractivity contribution in [3.63, 3.8) is 0 Å². The second-order valence-electron chi connectivity index (χ2n) is 4.27. The molecule has 1 N–H and O–H groups in total. The minimum atomic E-state index is -0.631. The number of nitrogens with one attached hydrogen (secondary N) is 1. The minimum absolute atomic E-state index is 0.0604. The molecule has 3 nitrogen and oxygen atoms in total. The lowest BCUT2D eigenvalue weighted by Gasteiger charge is -2.10. The molecule has 0 amide bonds. The average Bonchev–Trinajstić information content (AvgIpc) is 2.93. The van der Waals surface area contributed by atoms with Gasteiger partial charge in [-0.15, -0.1) is 0 Å². The number of aromatic nitrogens is 1. The van der Waals surface area contributed by atoms with Crippen LogP contribution in [0.2, 0.25) is 0 Å². The van der Waals surface area contributed by atoms with Crippen LogP contribution in [-0.2, 0) is 0 Å². The third-order valence-corrected chi connectivity index (χ3v) is 4.03. The van der Waals surface area contributed by atoms with E-state index >= 15 is 0 Å². The van der Waals surface area contributed by atoms with E-state index in [1.165, 1.54) is 18.2 Å². The molecule has 0 aliphatic heterocycles. The molecule has 2 aromatic carbocycles. The monoisotopic (exact) mass is 396 g/mol. The molecule has 1 heterocycles. The lowest BCUT2D eigenvalue weighted by Crippen LogP contribution is -1.93. The summed E-state index contributed by atoms with van der Waals surface area (Å²) in [6.07, 6.45) is 1.71. The Morgan fingerprint density at radius 2 is 1.95 bits per heavy atom. The van der Waals surface area contributed by atoms with Crippen LogP contribution in [0.25, 0.3) is 15.7 Å². The van der Waals surface area contributed by atoms with Crippen LogP contribution in [0.1, 0.15) is 0 Å². The highest BCUT2D eigenvalue weighted by atomic mass is 127. The Kier molecular flexibility index (Phi) is 3.51. The lowest BCUT2D eigenvalue weighted by atomic mass is 10.2. The summed E-state index contributed by atoms with van der Waals surface area (Å²) in [7, 11) is 0. The van der Waals surface area contributed by atoms with Gasteiger partial charge in [-0.05, 0) is 46.9 Å². The van der Waals surface area contributed by atoms with Crippen LogP contribution in [0, 0.1) is 21.8 Å². The number of nitrogens with zero attached hydrogens (tertiary/aromatic N) is 1. The number of fused-ring (bicyclic) bond motifs is 1. The predicted octanol–water partition coefficient (Wildman–Crippen LogP) is 5.39. The van der Waals surface area contributed by atoms with Gasteiger partial charge in [0, 0.05) is 23.2 Å². The van der Waals surface area contributed by atoms with Crippen molar-refractivity contribution in [2.24, 2.45) is 0 Å². The van der Waals surface area contributed by atoms with Gasteiger partial charge >= 0.3 is 0 Å². The fourth-order valence-electron chi connectivity index (χ4n) is 1.97. The molecule has 6 heteroatoms. The summed E-state index contributed by atoms with van der Waals surface area (Å²) in [5.41, 5.74) is 0.510. The maximum atomic E-state index is 14.1. The number of aromatic amines is 1. The van der Waals surface area contributed by atoms with Crippen LogP contribution in [0.15, 0.2) is 36.5 Å². The summed E-state index contributed by atoms with van der Waals surface area (Å²) in [4.78, 5) is 5.98. The van der Waals surface area contributed by atoms with Gasteiger partial charge in [0.2, 0.25) is 5.69 Å². The van der Waals surface area contributed by atoms with Gasteiger partial charge in [-0.2, -0.15) is 0 Å². The maximum Gasteiger partial charge on any atom is 0.225 e. The van der Waals surface area contributed by atoms with Crippen molar-refractivity contribution in [3.8, 4) is 11.5 Å². The quantitative estimate of drug-likeness (QED) is 0.457. The Labute approximate surface area is 132 Å². The third-order valence-electron chi connectivity index (χ3n) is 2.96. The van der Waals surface area contributed by atoms with E-state index in [1.54, 1.807) is 6.20 Å². The number of halogens is 3. The highest BCUT2D eigenvalue weighted by Crippen LogP contribution is 2.36. The molecule has 0 atom stereocenters. The van der Waals surface area contributed by atoms with Crippen LogP contribution in [0.3, 0.4) is 0 Å². The van der Waals surface area contributed by atoms with Gasteiger partial charge in [-0.25, -0.2) is 13.6 Å². The Balaban J connectivity index is 2.08. The van der Waals surface area contributed by atoms with E-state index < -0.39 is 11.6 Å². The van der Waals surface area contributed by atoms with Gasteiger partial charge in [0.15, 0.2) is 11.6 Å². The fourth-order valence-corrected chi connectivity index (χ4v) is 2.80. The van der Waals surface area contributed by atoms with Crippen molar-refractivity contribution in [3.05, 3.63) is 63.2 Å². The van der Waals surface area contributed by atoms with E-state index in [2.05, 4.69) is 9.83 Å². The maximum absolute atomic E-state index is 14.1. The molecule has 104 valence electrons. The van der Waals surface area contributed by atoms with Crippen LogP contribution < -0.4 is 4.74 Å². The van der Waals surface area contributed by atoms with E-state index in [-0.39, 0.29) is 17.2 Å². The minimum Gasteiger partial charge on any atom is -0.454 e. The van der Waals surface area contributed by atoms with Crippen molar-refractivity contribution >= 4 is 39.2 Å². The molecule has 0 saturated carbocycles. The number of benzene rings is 2. The Hall–Kier alpha value is -2.14. The van der Waals surface area contributed by atoms with Crippen molar-refractivity contribution in [1.82, 2.24) is 4.98 Å². The molecular formula is C15H7F2IN2O.